The van der Waals surface area contributed by atoms with Gasteiger partial charge < -0.3 is 10.1 Å². The van der Waals surface area contributed by atoms with Gasteiger partial charge in [-0.2, -0.15) is 0 Å². The number of thioether (sulfide) groups is 1. The third-order valence-electron chi connectivity index (χ3n) is 5.05. The smallest absolute Gasteiger partial charge is 0.316 e. The molecule has 1 aromatic heterocycles. The van der Waals surface area contributed by atoms with E-state index in [1.807, 2.05) is 55.5 Å². The van der Waals surface area contributed by atoms with Gasteiger partial charge in [-0.3, -0.25) is 19.1 Å². The zero-order valence-corrected chi connectivity index (χ0v) is 19.4. The van der Waals surface area contributed by atoms with Crippen molar-refractivity contribution in [3.63, 3.8) is 0 Å². The van der Waals surface area contributed by atoms with E-state index < -0.39 is 18.0 Å². The molecule has 0 saturated heterocycles. The van der Waals surface area contributed by atoms with E-state index in [2.05, 4.69) is 11.4 Å². The Morgan fingerprint density at radius 2 is 1.81 bits per heavy atom. The number of ether oxygens (including phenoxy) is 1. The Bertz CT molecular complexity index is 1170. The van der Waals surface area contributed by atoms with Gasteiger partial charge in [0, 0.05) is 12.8 Å². The molecule has 1 N–H and O–H groups in total. The molecule has 3 rings (SSSR count). The summed E-state index contributed by atoms with van der Waals surface area (Å²) in [6.07, 6.45) is -1.02. The molecule has 0 bridgehead atoms. The van der Waals surface area contributed by atoms with Crippen LogP contribution in [0.3, 0.4) is 0 Å². The van der Waals surface area contributed by atoms with E-state index in [1.165, 1.54) is 28.9 Å². The topological polar surface area (TPSA) is 82.3 Å². The van der Waals surface area contributed by atoms with Crippen molar-refractivity contribution in [2.45, 2.75) is 32.6 Å². The highest BCUT2D eigenvalue weighted by atomic mass is 32.2. The van der Waals surface area contributed by atoms with Gasteiger partial charge in [0.2, 0.25) is 0 Å². The zero-order chi connectivity index (χ0) is 23.3. The minimum atomic E-state index is -1.02. The molecule has 0 aliphatic heterocycles. The Labute approximate surface area is 191 Å². The molecular formula is C24H27N3O4S. The van der Waals surface area contributed by atoms with Gasteiger partial charge in [-0.1, -0.05) is 48.0 Å². The molecule has 0 unspecified atom stereocenters. The zero-order valence-electron chi connectivity index (χ0n) is 18.6. The van der Waals surface area contributed by atoms with Crippen LogP contribution in [0.15, 0.2) is 59.4 Å². The Kier molecular flexibility index (Phi) is 7.58. The summed E-state index contributed by atoms with van der Waals surface area (Å²) >= 11 is 1.43. The third kappa shape index (κ3) is 5.50. The second-order valence-corrected chi connectivity index (χ2v) is 8.53. The van der Waals surface area contributed by atoms with Crippen molar-refractivity contribution in [3.8, 4) is 5.69 Å². The summed E-state index contributed by atoms with van der Waals surface area (Å²) in [6.45, 7) is 5.26. The van der Waals surface area contributed by atoms with Crippen LogP contribution in [0.25, 0.3) is 5.69 Å². The van der Waals surface area contributed by atoms with Crippen molar-refractivity contribution < 1.29 is 14.3 Å². The molecule has 7 nitrogen and oxygen atoms in total. The molecule has 3 aromatic rings. The van der Waals surface area contributed by atoms with Crippen molar-refractivity contribution in [1.29, 1.82) is 0 Å². The van der Waals surface area contributed by atoms with Gasteiger partial charge in [0.25, 0.3) is 11.5 Å². The van der Waals surface area contributed by atoms with E-state index in [4.69, 9.17) is 4.74 Å². The number of rotatable bonds is 8. The first-order valence-electron chi connectivity index (χ1n) is 10.3. The number of aromatic nitrogens is 2. The van der Waals surface area contributed by atoms with E-state index >= 15 is 0 Å². The van der Waals surface area contributed by atoms with E-state index in [1.54, 1.807) is 18.7 Å². The van der Waals surface area contributed by atoms with Crippen LogP contribution in [0.4, 0.5) is 5.69 Å². The fourth-order valence-corrected chi connectivity index (χ4v) is 4.03. The number of anilines is 1. The summed E-state index contributed by atoms with van der Waals surface area (Å²) in [4.78, 5) is 37.6. The molecular weight excluding hydrogens is 426 g/mol. The van der Waals surface area contributed by atoms with Crippen molar-refractivity contribution in [2.24, 2.45) is 7.05 Å². The highest BCUT2D eigenvalue weighted by Gasteiger charge is 2.23. The molecule has 32 heavy (non-hydrogen) atoms. The van der Waals surface area contributed by atoms with Crippen molar-refractivity contribution in [3.05, 3.63) is 81.8 Å². The number of para-hydroxylation sites is 1. The summed E-state index contributed by atoms with van der Waals surface area (Å²) in [7, 11) is 1.74. The lowest BCUT2D eigenvalue weighted by Gasteiger charge is -2.13. The Morgan fingerprint density at radius 3 is 2.50 bits per heavy atom. The quantitative estimate of drug-likeness (QED) is 0.527. The Hall–Kier alpha value is -3.26. The third-order valence-corrected chi connectivity index (χ3v) is 6.03. The van der Waals surface area contributed by atoms with Crippen molar-refractivity contribution in [2.75, 3.05) is 11.1 Å². The van der Waals surface area contributed by atoms with Crippen LogP contribution in [0.2, 0.25) is 0 Å². The summed E-state index contributed by atoms with van der Waals surface area (Å²) in [5.74, 6) is -0.207. The molecule has 0 radical (unpaired) electrons. The fourth-order valence-electron chi connectivity index (χ4n) is 3.28. The normalized spacial score (nSPS) is 11.8. The summed E-state index contributed by atoms with van der Waals surface area (Å²) in [5, 5.41) is 2.63. The van der Waals surface area contributed by atoms with Crippen LogP contribution in [0.1, 0.15) is 23.7 Å². The minimum absolute atomic E-state index is 0.136. The molecule has 1 heterocycles. The number of nitrogens with zero attached hydrogens (tertiary/aromatic N) is 2. The van der Waals surface area contributed by atoms with E-state index in [9.17, 15) is 14.4 Å². The average molecular weight is 454 g/mol. The minimum Gasteiger partial charge on any atom is -0.452 e. The average Bonchev–Trinajstić information content (AvgIpc) is 2.97. The summed E-state index contributed by atoms with van der Waals surface area (Å²) < 4.78 is 8.41. The van der Waals surface area contributed by atoms with Crippen LogP contribution in [-0.4, -0.2) is 33.1 Å². The van der Waals surface area contributed by atoms with Crippen molar-refractivity contribution in [1.82, 2.24) is 9.36 Å². The standard InChI is InChI=1S/C24H27N3O4S/c1-16-9-8-10-19(13-16)14-32-15-21(28)31-18(3)23(29)25-22-17(2)26(4)27(24(22)30)20-11-6-5-7-12-20/h5-13,18H,14-15H2,1-4H3,(H,25,29)/t18-/m0/s1. The van der Waals surface area contributed by atoms with Crippen LogP contribution >= 0.6 is 11.8 Å². The fraction of sp³-hybridized carbons (Fsp3) is 0.292. The van der Waals surface area contributed by atoms with Gasteiger partial charge >= 0.3 is 5.97 Å². The van der Waals surface area contributed by atoms with Gasteiger partial charge in [-0.25, -0.2) is 4.68 Å². The predicted octanol–water partition coefficient (Wildman–Crippen LogP) is 3.60. The van der Waals surface area contributed by atoms with Crippen LogP contribution < -0.4 is 10.9 Å². The molecule has 0 fully saturated rings. The first kappa shape index (κ1) is 23.4. The SMILES string of the molecule is Cc1cccc(CSCC(=O)O[C@@H](C)C(=O)Nc2c(C)n(C)n(-c3ccccc3)c2=O)c1. The monoisotopic (exact) mass is 453 g/mol. The number of hydrogen-bond donors (Lipinski definition) is 1. The number of esters is 1. The second-order valence-electron chi connectivity index (χ2n) is 7.54. The number of hydrogen-bond acceptors (Lipinski definition) is 5. The van der Waals surface area contributed by atoms with Crippen LogP contribution in [0.5, 0.6) is 0 Å². The number of carbonyl (C=O) groups is 2. The van der Waals surface area contributed by atoms with E-state index in [0.717, 1.165) is 5.56 Å². The Morgan fingerprint density at radius 1 is 1.09 bits per heavy atom. The molecule has 0 aliphatic carbocycles. The molecule has 0 aliphatic rings. The van der Waals surface area contributed by atoms with Gasteiger partial charge in [0.15, 0.2) is 6.10 Å². The van der Waals surface area contributed by atoms with Gasteiger partial charge in [-0.05, 0) is 38.5 Å². The predicted molar refractivity (Wildman–Crippen MR) is 127 cm³/mol. The molecule has 168 valence electrons. The first-order valence-corrected chi connectivity index (χ1v) is 11.4. The summed E-state index contributed by atoms with van der Waals surface area (Å²) in [5.41, 5.74) is 3.39. The number of nitrogens with one attached hydrogen (secondary N) is 1. The van der Waals surface area contributed by atoms with Gasteiger partial charge in [0.1, 0.15) is 5.69 Å². The van der Waals surface area contributed by atoms with Gasteiger partial charge in [0.05, 0.1) is 17.1 Å². The second kappa shape index (κ2) is 10.4. The van der Waals surface area contributed by atoms with Gasteiger partial charge in [-0.15, -0.1) is 11.8 Å². The maximum atomic E-state index is 12.9. The Balaban J connectivity index is 1.58. The van der Waals surface area contributed by atoms with Crippen LogP contribution in [-0.2, 0) is 27.1 Å². The lowest BCUT2D eigenvalue weighted by atomic mass is 10.2. The van der Waals surface area contributed by atoms with Crippen LogP contribution in [0, 0.1) is 13.8 Å². The molecule has 8 heteroatoms. The number of aryl methyl sites for hydroxylation is 1. The molecule has 1 atom stereocenters. The molecule has 0 saturated carbocycles. The van der Waals surface area contributed by atoms with E-state index in [-0.39, 0.29) is 17.0 Å². The highest BCUT2D eigenvalue weighted by molar-refractivity contribution is 7.99. The van der Waals surface area contributed by atoms with E-state index in [0.29, 0.717) is 17.1 Å². The molecule has 2 aromatic carbocycles. The number of benzene rings is 2. The lowest BCUT2D eigenvalue weighted by molar-refractivity contribution is -0.150. The largest absolute Gasteiger partial charge is 0.452 e. The van der Waals surface area contributed by atoms with Crippen molar-refractivity contribution >= 4 is 29.3 Å². The summed E-state index contributed by atoms with van der Waals surface area (Å²) in [6, 6.07) is 17.2. The maximum Gasteiger partial charge on any atom is 0.316 e. The maximum absolute atomic E-state index is 12.9. The molecule has 0 spiro atoms. The lowest BCUT2D eigenvalue weighted by Crippen LogP contribution is -2.32. The number of amides is 1. The molecule has 1 amide bonds. The number of carbonyl (C=O) groups excluding carboxylic acids is 2. The first-order chi connectivity index (χ1) is 15.3. The highest BCUT2D eigenvalue weighted by Crippen LogP contribution is 2.16.